The van der Waals surface area contributed by atoms with Gasteiger partial charge >= 0.3 is 0 Å². The number of methoxy groups -OCH3 is 1. The molecule has 1 aliphatic rings. The Hall–Kier alpha value is -1.02. The van der Waals surface area contributed by atoms with Crippen molar-refractivity contribution in [1.82, 2.24) is 5.32 Å². The van der Waals surface area contributed by atoms with Gasteiger partial charge in [0, 0.05) is 6.54 Å². The van der Waals surface area contributed by atoms with Gasteiger partial charge < -0.3 is 10.1 Å². The van der Waals surface area contributed by atoms with Crippen molar-refractivity contribution in [1.29, 1.82) is 0 Å². The van der Waals surface area contributed by atoms with Gasteiger partial charge in [-0.1, -0.05) is 38.3 Å². The third kappa shape index (κ3) is 4.54. The van der Waals surface area contributed by atoms with Crippen molar-refractivity contribution in [2.75, 3.05) is 13.7 Å². The quantitative estimate of drug-likeness (QED) is 0.835. The number of benzene rings is 1. The number of hydrogen-bond acceptors (Lipinski definition) is 2. The summed E-state index contributed by atoms with van der Waals surface area (Å²) in [6, 6.07) is 8.32. The maximum atomic E-state index is 5.25. The van der Waals surface area contributed by atoms with Gasteiger partial charge in [-0.15, -0.1) is 0 Å². The molecule has 2 nitrogen and oxygen atoms in total. The van der Waals surface area contributed by atoms with Crippen molar-refractivity contribution in [2.24, 2.45) is 11.8 Å². The predicted octanol–water partition coefficient (Wildman–Crippen LogP) is 4.00. The molecule has 0 amide bonds. The van der Waals surface area contributed by atoms with E-state index < -0.39 is 0 Å². The zero-order valence-electron chi connectivity index (χ0n) is 12.3. The molecular formula is C17H27NO. The molecular weight excluding hydrogens is 234 g/mol. The molecule has 1 fully saturated rings. The van der Waals surface area contributed by atoms with E-state index in [0.29, 0.717) is 0 Å². The first-order chi connectivity index (χ1) is 9.31. The SMILES string of the molecule is CCC1CCC(CNCc2cccc(OC)c2)CC1. The van der Waals surface area contributed by atoms with Gasteiger partial charge in [-0.05, 0) is 48.9 Å². The van der Waals surface area contributed by atoms with E-state index in [4.69, 9.17) is 4.74 Å². The first kappa shape index (κ1) is 14.4. The summed E-state index contributed by atoms with van der Waals surface area (Å²) in [6.07, 6.45) is 7.04. The van der Waals surface area contributed by atoms with Gasteiger partial charge in [-0.3, -0.25) is 0 Å². The highest BCUT2D eigenvalue weighted by molar-refractivity contribution is 5.28. The minimum absolute atomic E-state index is 0.883. The van der Waals surface area contributed by atoms with Crippen LogP contribution in [0.25, 0.3) is 0 Å². The number of nitrogens with one attached hydrogen (secondary N) is 1. The fourth-order valence-corrected chi connectivity index (χ4v) is 3.05. The van der Waals surface area contributed by atoms with Crippen molar-refractivity contribution < 1.29 is 4.74 Å². The average molecular weight is 261 g/mol. The summed E-state index contributed by atoms with van der Waals surface area (Å²) in [4.78, 5) is 0. The van der Waals surface area contributed by atoms with Crippen LogP contribution in [-0.2, 0) is 6.54 Å². The Morgan fingerprint density at radius 3 is 2.58 bits per heavy atom. The number of hydrogen-bond donors (Lipinski definition) is 1. The van der Waals surface area contributed by atoms with E-state index in [1.807, 2.05) is 6.07 Å². The lowest BCUT2D eigenvalue weighted by Gasteiger charge is -2.27. The van der Waals surface area contributed by atoms with E-state index in [2.05, 4.69) is 30.4 Å². The molecule has 0 aliphatic heterocycles. The molecule has 2 rings (SSSR count). The zero-order valence-corrected chi connectivity index (χ0v) is 12.3. The van der Waals surface area contributed by atoms with Crippen molar-refractivity contribution in [2.45, 2.75) is 45.6 Å². The zero-order chi connectivity index (χ0) is 13.5. The lowest BCUT2D eigenvalue weighted by molar-refractivity contribution is 0.262. The Kier molecular flexibility index (Phi) is 5.71. The minimum atomic E-state index is 0.883. The molecule has 1 aliphatic carbocycles. The van der Waals surface area contributed by atoms with E-state index in [1.165, 1.54) is 37.7 Å². The van der Waals surface area contributed by atoms with E-state index in [0.717, 1.165) is 30.7 Å². The highest BCUT2D eigenvalue weighted by atomic mass is 16.5. The van der Waals surface area contributed by atoms with Crippen LogP contribution in [0.4, 0.5) is 0 Å². The molecule has 0 spiro atoms. The van der Waals surface area contributed by atoms with Gasteiger partial charge in [-0.25, -0.2) is 0 Å². The molecule has 0 unspecified atom stereocenters. The van der Waals surface area contributed by atoms with Crippen LogP contribution in [0.15, 0.2) is 24.3 Å². The van der Waals surface area contributed by atoms with Gasteiger partial charge in [0.25, 0.3) is 0 Å². The van der Waals surface area contributed by atoms with Gasteiger partial charge in [0.15, 0.2) is 0 Å². The van der Waals surface area contributed by atoms with Crippen LogP contribution in [0.3, 0.4) is 0 Å². The Morgan fingerprint density at radius 1 is 1.16 bits per heavy atom. The van der Waals surface area contributed by atoms with Crippen molar-refractivity contribution >= 4 is 0 Å². The lowest BCUT2D eigenvalue weighted by Crippen LogP contribution is -2.26. The van der Waals surface area contributed by atoms with Crippen LogP contribution in [0.5, 0.6) is 5.75 Å². The third-order valence-corrected chi connectivity index (χ3v) is 4.44. The lowest BCUT2D eigenvalue weighted by atomic mass is 9.81. The Balaban J connectivity index is 1.69. The van der Waals surface area contributed by atoms with E-state index >= 15 is 0 Å². The van der Waals surface area contributed by atoms with Crippen molar-refractivity contribution in [3.63, 3.8) is 0 Å². The van der Waals surface area contributed by atoms with Gasteiger partial charge in [0.05, 0.1) is 7.11 Å². The summed E-state index contributed by atoms with van der Waals surface area (Å²) in [5, 5.41) is 3.60. The first-order valence-corrected chi connectivity index (χ1v) is 7.65. The topological polar surface area (TPSA) is 21.3 Å². The van der Waals surface area contributed by atoms with Gasteiger partial charge in [-0.2, -0.15) is 0 Å². The average Bonchev–Trinajstić information content (AvgIpc) is 2.48. The fourth-order valence-electron chi connectivity index (χ4n) is 3.05. The molecule has 1 saturated carbocycles. The molecule has 2 heteroatoms. The number of rotatable bonds is 6. The molecule has 19 heavy (non-hydrogen) atoms. The Labute approximate surface area is 117 Å². The van der Waals surface area contributed by atoms with Crippen LogP contribution < -0.4 is 10.1 Å². The van der Waals surface area contributed by atoms with Crippen LogP contribution in [-0.4, -0.2) is 13.7 Å². The second kappa shape index (κ2) is 7.54. The molecule has 0 bridgehead atoms. The highest BCUT2D eigenvalue weighted by Gasteiger charge is 2.19. The maximum Gasteiger partial charge on any atom is 0.119 e. The maximum absolute atomic E-state index is 5.25. The monoisotopic (exact) mass is 261 g/mol. The van der Waals surface area contributed by atoms with E-state index in [-0.39, 0.29) is 0 Å². The summed E-state index contributed by atoms with van der Waals surface area (Å²) >= 11 is 0. The standard InChI is InChI=1S/C17H27NO/c1-3-14-7-9-15(10-8-14)12-18-13-16-5-4-6-17(11-16)19-2/h4-6,11,14-15,18H,3,7-10,12-13H2,1-2H3. The van der Waals surface area contributed by atoms with Crippen LogP contribution in [0, 0.1) is 11.8 Å². The fraction of sp³-hybridized carbons (Fsp3) is 0.647. The van der Waals surface area contributed by atoms with E-state index in [9.17, 15) is 0 Å². The molecule has 1 aromatic carbocycles. The second-order valence-electron chi connectivity index (χ2n) is 5.78. The molecule has 0 saturated heterocycles. The van der Waals surface area contributed by atoms with Crippen LogP contribution >= 0.6 is 0 Å². The largest absolute Gasteiger partial charge is 0.497 e. The minimum Gasteiger partial charge on any atom is -0.497 e. The third-order valence-electron chi connectivity index (χ3n) is 4.44. The molecule has 1 aromatic rings. The van der Waals surface area contributed by atoms with Gasteiger partial charge in [0.2, 0.25) is 0 Å². The molecule has 106 valence electrons. The molecule has 0 aromatic heterocycles. The normalized spacial score (nSPS) is 23.3. The Morgan fingerprint density at radius 2 is 1.89 bits per heavy atom. The summed E-state index contributed by atoms with van der Waals surface area (Å²) < 4.78 is 5.25. The first-order valence-electron chi connectivity index (χ1n) is 7.65. The molecule has 1 N–H and O–H groups in total. The smallest absolute Gasteiger partial charge is 0.119 e. The highest BCUT2D eigenvalue weighted by Crippen LogP contribution is 2.30. The molecule has 0 radical (unpaired) electrons. The summed E-state index contributed by atoms with van der Waals surface area (Å²) in [5.74, 6) is 2.82. The summed E-state index contributed by atoms with van der Waals surface area (Å²) in [5.41, 5.74) is 1.31. The summed E-state index contributed by atoms with van der Waals surface area (Å²) in [6.45, 7) is 4.44. The van der Waals surface area contributed by atoms with Crippen molar-refractivity contribution in [3.8, 4) is 5.75 Å². The summed E-state index contributed by atoms with van der Waals surface area (Å²) in [7, 11) is 1.72. The van der Waals surface area contributed by atoms with E-state index in [1.54, 1.807) is 7.11 Å². The molecule has 0 heterocycles. The predicted molar refractivity (Wildman–Crippen MR) is 80.4 cm³/mol. The second-order valence-corrected chi connectivity index (χ2v) is 5.78. The van der Waals surface area contributed by atoms with Gasteiger partial charge in [0.1, 0.15) is 5.75 Å². The Bertz CT molecular complexity index is 369. The number of ether oxygens (including phenoxy) is 1. The molecule has 0 atom stereocenters. The van der Waals surface area contributed by atoms with Crippen molar-refractivity contribution in [3.05, 3.63) is 29.8 Å². The van der Waals surface area contributed by atoms with Crippen LogP contribution in [0.2, 0.25) is 0 Å². The van der Waals surface area contributed by atoms with Crippen LogP contribution in [0.1, 0.15) is 44.6 Å².